The number of anilines is 2. The fourth-order valence-corrected chi connectivity index (χ4v) is 3.09. The molecule has 0 aliphatic carbocycles. The molecule has 0 radical (unpaired) electrons. The van der Waals surface area contributed by atoms with Crippen molar-refractivity contribution in [3.05, 3.63) is 53.0 Å². The molecule has 1 aliphatic rings. The average molecular weight is 356 g/mol. The van der Waals surface area contributed by atoms with Crippen molar-refractivity contribution < 1.29 is 14.8 Å². The molecule has 0 aromatic heterocycles. The maximum Gasteiger partial charge on any atom is 0.490 e. The van der Waals surface area contributed by atoms with Crippen LogP contribution in [0.1, 0.15) is 0 Å². The number of halogens is 1. The van der Waals surface area contributed by atoms with Gasteiger partial charge in [0.25, 0.3) is 0 Å². The molecular formula is C16H11BBrNO3. The molecule has 108 valence electrons. The number of ether oxygens (including phenoxy) is 1. The van der Waals surface area contributed by atoms with Gasteiger partial charge in [0, 0.05) is 15.3 Å². The van der Waals surface area contributed by atoms with Crippen LogP contribution in [-0.2, 0) is 0 Å². The van der Waals surface area contributed by atoms with Gasteiger partial charge in [-0.1, -0.05) is 34.1 Å². The summed E-state index contributed by atoms with van der Waals surface area (Å²) in [5, 5.41) is 24.4. The van der Waals surface area contributed by atoms with Crippen molar-refractivity contribution >= 4 is 50.7 Å². The molecule has 3 aromatic carbocycles. The lowest BCUT2D eigenvalue weighted by Crippen LogP contribution is -2.33. The summed E-state index contributed by atoms with van der Waals surface area (Å²) in [6.07, 6.45) is 0. The lowest BCUT2D eigenvalue weighted by atomic mass is 9.77. The highest BCUT2D eigenvalue weighted by Gasteiger charge is 2.26. The van der Waals surface area contributed by atoms with Crippen LogP contribution in [0, 0.1) is 0 Å². The summed E-state index contributed by atoms with van der Waals surface area (Å²) in [4.78, 5) is 0. The standard InChI is InChI=1S/C16H11BBrNO3/c18-10-5-6-11-9(7-10)8-12(17(20)21)15-16(11)22-14-4-2-1-3-13(14)19-15/h1-8,19-21H. The monoisotopic (exact) mass is 355 g/mol. The van der Waals surface area contributed by atoms with Gasteiger partial charge in [-0.3, -0.25) is 0 Å². The molecule has 1 heterocycles. The van der Waals surface area contributed by atoms with Crippen molar-refractivity contribution in [2.24, 2.45) is 0 Å². The van der Waals surface area contributed by atoms with Crippen molar-refractivity contribution in [2.75, 3.05) is 5.32 Å². The van der Waals surface area contributed by atoms with Crippen molar-refractivity contribution in [3.63, 3.8) is 0 Å². The number of rotatable bonds is 1. The second-order valence-electron chi connectivity index (χ2n) is 5.13. The minimum atomic E-state index is -1.58. The minimum Gasteiger partial charge on any atom is -0.452 e. The first-order chi connectivity index (χ1) is 10.6. The lowest BCUT2D eigenvalue weighted by Gasteiger charge is -2.25. The molecule has 0 atom stereocenters. The Morgan fingerprint density at radius 3 is 2.68 bits per heavy atom. The third kappa shape index (κ3) is 2.08. The number of hydrogen-bond donors (Lipinski definition) is 3. The van der Waals surface area contributed by atoms with Crippen molar-refractivity contribution in [2.45, 2.75) is 0 Å². The van der Waals surface area contributed by atoms with Crippen LogP contribution in [0.15, 0.2) is 53.0 Å². The molecule has 0 fully saturated rings. The number of nitrogens with one attached hydrogen (secondary N) is 1. The quantitative estimate of drug-likeness (QED) is 0.459. The molecule has 4 nitrogen and oxygen atoms in total. The predicted octanol–water partition coefficient (Wildman–Crippen LogP) is 3.13. The fourth-order valence-electron chi connectivity index (χ4n) is 2.71. The Balaban J connectivity index is 2.02. The van der Waals surface area contributed by atoms with Gasteiger partial charge < -0.3 is 20.1 Å². The van der Waals surface area contributed by atoms with E-state index >= 15 is 0 Å². The maximum absolute atomic E-state index is 9.70. The fraction of sp³-hybridized carbons (Fsp3) is 0. The summed E-state index contributed by atoms with van der Waals surface area (Å²) in [6, 6.07) is 15.1. The number of para-hydroxylation sites is 2. The Kier molecular flexibility index (Phi) is 3.11. The van der Waals surface area contributed by atoms with Gasteiger partial charge in [0.1, 0.15) is 0 Å². The zero-order valence-corrected chi connectivity index (χ0v) is 13.0. The highest BCUT2D eigenvalue weighted by molar-refractivity contribution is 9.10. The summed E-state index contributed by atoms with van der Waals surface area (Å²) < 4.78 is 6.94. The minimum absolute atomic E-state index is 0.384. The number of hydrogen-bond acceptors (Lipinski definition) is 4. The summed E-state index contributed by atoms with van der Waals surface area (Å²) in [5.41, 5.74) is 1.77. The van der Waals surface area contributed by atoms with Crippen LogP contribution in [0.3, 0.4) is 0 Å². The van der Waals surface area contributed by atoms with E-state index in [1.165, 1.54) is 0 Å². The van der Waals surface area contributed by atoms with Gasteiger partial charge in [-0.15, -0.1) is 0 Å². The van der Waals surface area contributed by atoms with Crippen molar-refractivity contribution in [1.82, 2.24) is 0 Å². The smallest absolute Gasteiger partial charge is 0.452 e. The van der Waals surface area contributed by atoms with Crippen LogP contribution in [0.2, 0.25) is 0 Å². The van der Waals surface area contributed by atoms with E-state index in [4.69, 9.17) is 4.74 Å². The summed E-state index contributed by atoms with van der Waals surface area (Å²) >= 11 is 3.43. The third-order valence-electron chi connectivity index (χ3n) is 3.72. The summed E-state index contributed by atoms with van der Waals surface area (Å²) in [5.74, 6) is 1.32. The Bertz CT molecular complexity index is 898. The van der Waals surface area contributed by atoms with Crippen LogP contribution in [0.25, 0.3) is 10.8 Å². The van der Waals surface area contributed by atoms with Crippen LogP contribution >= 0.6 is 15.9 Å². The molecule has 3 aromatic rings. The van der Waals surface area contributed by atoms with E-state index in [1.54, 1.807) is 6.07 Å². The lowest BCUT2D eigenvalue weighted by molar-refractivity contribution is 0.425. The van der Waals surface area contributed by atoms with Gasteiger partial charge in [0.2, 0.25) is 0 Å². The van der Waals surface area contributed by atoms with Gasteiger partial charge in [-0.25, -0.2) is 0 Å². The summed E-state index contributed by atoms with van der Waals surface area (Å²) in [7, 11) is -1.58. The van der Waals surface area contributed by atoms with Crippen LogP contribution < -0.4 is 15.5 Å². The first-order valence-corrected chi connectivity index (χ1v) is 7.59. The molecule has 0 saturated carbocycles. The first-order valence-electron chi connectivity index (χ1n) is 6.80. The summed E-state index contributed by atoms with van der Waals surface area (Å²) in [6.45, 7) is 0. The highest BCUT2D eigenvalue weighted by Crippen LogP contribution is 2.45. The molecule has 1 aliphatic heterocycles. The van der Waals surface area contributed by atoms with Crippen molar-refractivity contribution in [3.8, 4) is 11.5 Å². The van der Waals surface area contributed by atoms with E-state index in [0.717, 1.165) is 20.9 Å². The highest BCUT2D eigenvalue weighted by atomic mass is 79.9. The molecule has 6 heteroatoms. The first kappa shape index (κ1) is 13.6. The van der Waals surface area contributed by atoms with Gasteiger partial charge in [0.15, 0.2) is 11.5 Å². The Morgan fingerprint density at radius 2 is 1.86 bits per heavy atom. The maximum atomic E-state index is 9.70. The van der Waals surface area contributed by atoms with Gasteiger partial charge in [-0.2, -0.15) is 0 Å². The van der Waals surface area contributed by atoms with E-state index in [-0.39, 0.29) is 0 Å². The third-order valence-corrected chi connectivity index (χ3v) is 4.22. The Morgan fingerprint density at radius 1 is 1.05 bits per heavy atom. The van der Waals surface area contributed by atoms with Crippen molar-refractivity contribution in [1.29, 1.82) is 0 Å². The molecule has 0 unspecified atom stereocenters. The zero-order chi connectivity index (χ0) is 15.3. The molecule has 22 heavy (non-hydrogen) atoms. The van der Waals surface area contributed by atoms with Crippen LogP contribution in [0.4, 0.5) is 11.4 Å². The normalized spacial score (nSPS) is 12.1. The molecule has 0 saturated heterocycles. The molecular weight excluding hydrogens is 345 g/mol. The zero-order valence-electron chi connectivity index (χ0n) is 11.4. The molecule has 3 N–H and O–H groups in total. The second-order valence-corrected chi connectivity index (χ2v) is 6.05. The average Bonchev–Trinajstić information content (AvgIpc) is 2.51. The number of fused-ring (bicyclic) bond motifs is 4. The van der Waals surface area contributed by atoms with E-state index in [9.17, 15) is 10.0 Å². The van der Waals surface area contributed by atoms with Crippen LogP contribution in [-0.4, -0.2) is 17.2 Å². The van der Waals surface area contributed by atoms with Gasteiger partial charge >= 0.3 is 7.12 Å². The van der Waals surface area contributed by atoms with E-state index in [1.807, 2.05) is 42.5 Å². The number of benzene rings is 3. The predicted molar refractivity (Wildman–Crippen MR) is 91.3 cm³/mol. The topological polar surface area (TPSA) is 61.7 Å². The second kappa shape index (κ2) is 5.02. The molecule has 4 rings (SSSR count). The van der Waals surface area contributed by atoms with E-state index in [2.05, 4.69) is 21.2 Å². The Labute approximate surface area is 135 Å². The molecule has 0 amide bonds. The van der Waals surface area contributed by atoms with Gasteiger partial charge in [-0.05, 0) is 35.7 Å². The molecule has 0 spiro atoms. The van der Waals surface area contributed by atoms with E-state index in [0.29, 0.717) is 22.6 Å². The molecule has 0 bridgehead atoms. The SMILES string of the molecule is OB(O)c1cc2cc(Br)ccc2c2c1Nc1ccccc1O2. The van der Waals surface area contributed by atoms with Crippen LogP contribution in [0.5, 0.6) is 11.5 Å². The largest absolute Gasteiger partial charge is 0.490 e. The Hall–Kier alpha value is -2.02. The van der Waals surface area contributed by atoms with Gasteiger partial charge in [0.05, 0.1) is 11.4 Å². The van der Waals surface area contributed by atoms with E-state index < -0.39 is 7.12 Å².